The second kappa shape index (κ2) is 11.8. The number of hydrazine groups is 1. The molecule has 0 atom stereocenters. The van der Waals surface area contributed by atoms with E-state index in [4.69, 9.17) is 14.2 Å². The van der Waals surface area contributed by atoms with Gasteiger partial charge in [-0.05, 0) is 48.5 Å². The number of carbonyl (C=O) groups is 2. The van der Waals surface area contributed by atoms with Gasteiger partial charge in [0.2, 0.25) is 0 Å². The van der Waals surface area contributed by atoms with Gasteiger partial charge in [0.25, 0.3) is 11.8 Å². The molecule has 2 amide bonds. The van der Waals surface area contributed by atoms with E-state index in [2.05, 4.69) is 17.4 Å². The first-order valence-electron chi connectivity index (χ1n) is 10.0. The summed E-state index contributed by atoms with van der Waals surface area (Å²) in [7, 11) is 0. The van der Waals surface area contributed by atoms with Crippen molar-refractivity contribution in [1.82, 2.24) is 10.9 Å². The van der Waals surface area contributed by atoms with Gasteiger partial charge in [-0.25, -0.2) is 0 Å². The van der Waals surface area contributed by atoms with Gasteiger partial charge >= 0.3 is 0 Å². The van der Waals surface area contributed by atoms with Crippen molar-refractivity contribution >= 4 is 11.8 Å². The molecule has 7 nitrogen and oxygen atoms in total. The molecular formula is C25H24N2O5. The fourth-order valence-electron chi connectivity index (χ4n) is 2.72. The molecule has 0 unspecified atom stereocenters. The summed E-state index contributed by atoms with van der Waals surface area (Å²) in [6, 6.07) is 22.8. The normalized spacial score (nSPS) is 10.0. The number of hydrogen-bond acceptors (Lipinski definition) is 5. The summed E-state index contributed by atoms with van der Waals surface area (Å²) in [4.78, 5) is 24.7. The molecule has 0 aliphatic rings. The largest absolute Gasteiger partial charge is 0.490 e. The first-order chi connectivity index (χ1) is 15.7. The van der Waals surface area contributed by atoms with Crippen molar-refractivity contribution in [2.24, 2.45) is 0 Å². The van der Waals surface area contributed by atoms with Crippen LogP contribution in [0, 0.1) is 0 Å². The van der Waals surface area contributed by atoms with E-state index in [1.165, 1.54) is 0 Å². The third-order valence-corrected chi connectivity index (χ3v) is 4.26. The molecule has 0 aliphatic carbocycles. The second-order valence-corrected chi connectivity index (χ2v) is 6.54. The molecule has 32 heavy (non-hydrogen) atoms. The van der Waals surface area contributed by atoms with Crippen LogP contribution in [0.25, 0.3) is 0 Å². The zero-order valence-corrected chi connectivity index (χ0v) is 17.5. The number of benzene rings is 3. The Hall–Kier alpha value is -4.26. The lowest BCUT2D eigenvalue weighted by molar-refractivity contribution is 0.0844. The molecule has 0 bridgehead atoms. The van der Waals surface area contributed by atoms with Crippen LogP contribution in [0.2, 0.25) is 0 Å². The van der Waals surface area contributed by atoms with Crippen molar-refractivity contribution in [2.75, 3.05) is 19.8 Å². The molecule has 0 saturated carbocycles. The van der Waals surface area contributed by atoms with Gasteiger partial charge in [-0.15, -0.1) is 0 Å². The number of rotatable bonds is 10. The molecule has 0 spiro atoms. The highest BCUT2D eigenvalue weighted by Gasteiger charge is 2.13. The molecule has 0 fully saturated rings. The van der Waals surface area contributed by atoms with Crippen LogP contribution in [0.4, 0.5) is 0 Å². The van der Waals surface area contributed by atoms with Gasteiger partial charge in [0.1, 0.15) is 37.1 Å². The first-order valence-corrected chi connectivity index (χ1v) is 10.0. The smallest absolute Gasteiger partial charge is 0.273 e. The Morgan fingerprint density at radius 3 is 2.00 bits per heavy atom. The van der Waals surface area contributed by atoms with Gasteiger partial charge < -0.3 is 14.2 Å². The summed E-state index contributed by atoms with van der Waals surface area (Å²) in [6.07, 6.45) is 1.58. The van der Waals surface area contributed by atoms with E-state index in [1.54, 1.807) is 54.6 Å². The third kappa shape index (κ3) is 6.63. The van der Waals surface area contributed by atoms with Crippen LogP contribution in [-0.4, -0.2) is 31.6 Å². The molecule has 0 saturated heterocycles. The number of nitrogens with one attached hydrogen (secondary N) is 2. The highest BCUT2D eigenvalue weighted by molar-refractivity contribution is 6.00. The number of para-hydroxylation sites is 2. The molecule has 0 aliphatic heterocycles. The molecule has 7 heteroatoms. The quantitative estimate of drug-likeness (QED) is 0.289. The summed E-state index contributed by atoms with van der Waals surface area (Å²) in [5.74, 6) is 0.839. The van der Waals surface area contributed by atoms with Crippen LogP contribution in [0.5, 0.6) is 17.2 Å². The van der Waals surface area contributed by atoms with Crippen LogP contribution in [0.15, 0.2) is 91.5 Å². The van der Waals surface area contributed by atoms with E-state index in [1.807, 2.05) is 30.3 Å². The van der Waals surface area contributed by atoms with E-state index in [-0.39, 0.29) is 6.61 Å². The predicted molar refractivity (Wildman–Crippen MR) is 121 cm³/mol. The number of carbonyl (C=O) groups excluding carboxylic acids is 2. The lowest BCUT2D eigenvalue weighted by Crippen LogP contribution is -2.41. The van der Waals surface area contributed by atoms with E-state index in [0.29, 0.717) is 35.8 Å². The monoisotopic (exact) mass is 432 g/mol. The highest BCUT2D eigenvalue weighted by atomic mass is 16.5. The molecule has 0 aromatic heterocycles. The fraction of sp³-hybridized carbons (Fsp3) is 0.120. The van der Waals surface area contributed by atoms with Gasteiger partial charge in [0.05, 0.1) is 5.56 Å². The first kappa shape index (κ1) is 22.4. The van der Waals surface area contributed by atoms with Crippen molar-refractivity contribution in [3.8, 4) is 17.2 Å². The Morgan fingerprint density at radius 2 is 1.31 bits per heavy atom. The summed E-state index contributed by atoms with van der Waals surface area (Å²) in [5.41, 5.74) is 5.46. The maximum atomic E-state index is 12.4. The zero-order valence-electron chi connectivity index (χ0n) is 17.5. The molecule has 0 radical (unpaired) electrons. The molecule has 3 rings (SSSR count). The Balaban J connectivity index is 1.45. The maximum Gasteiger partial charge on any atom is 0.273 e. The summed E-state index contributed by atoms with van der Waals surface area (Å²) >= 11 is 0. The summed E-state index contributed by atoms with van der Waals surface area (Å²) in [5, 5.41) is 0. The Kier molecular flexibility index (Phi) is 8.27. The molecule has 0 heterocycles. The predicted octanol–water partition coefficient (Wildman–Crippen LogP) is 3.78. The summed E-state index contributed by atoms with van der Waals surface area (Å²) in [6.45, 7) is 4.62. The van der Waals surface area contributed by atoms with Crippen molar-refractivity contribution in [3.63, 3.8) is 0 Å². The summed E-state index contributed by atoms with van der Waals surface area (Å²) < 4.78 is 16.6. The van der Waals surface area contributed by atoms with Crippen LogP contribution in [0.3, 0.4) is 0 Å². The van der Waals surface area contributed by atoms with E-state index in [0.717, 1.165) is 5.75 Å². The minimum absolute atomic E-state index is 0.267. The van der Waals surface area contributed by atoms with Crippen molar-refractivity contribution in [2.45, 2.75) is 0 Å². The number of ether oxygens (including phenoxy) is 3. The van der Waals surface area contributed by atoms with Crippen molar-refractivity contribution in [1.29, 1.82) is 0 Å². The van der Waals surface area contributed by atoms with Crippen molar-refractivity contribution in [3.05, 3.63) is 103 Å². The lowest BCUT2D eigenvalue weighted by atomic mass is 10.2. The van der Waals surface area contributed by atoms with Crippen LogP contribution < -0.4 is 25.1 Å². The van der Waals surface area contributed by atoms with E-state index < -0.39 is 11.8 Å². The minimum atomic E-state index is -0.489. The van der Waals surface area contributed by atoms with Gasteiger partial charge in [-0.2, -0.15) is 0 Å². The fourth-order valence-corrected chi connectivity index (χ4v) is 2.72. The van der Waals surface area contributed by atoms with Gasteiger partial charge in [0, 0.05) is 5.56 Å². The van der Waals surface area contributed by atoms with E-state index in [9.17, 15) is 9.59 Å². The second-order valence-electron chi connectivity index (χ2n) is 6.54. The maximum absolute atomic E-state index is 12.4. The Labute approximate surface area is 186 Å². The number of amides is 2. The van der Waals surface area contributed by atoms with Crippen LogP contribution >= 0.6 is 0 Å². The number of hydrogen-bond donors (Lipinski definition) is 2. The van der Waals surface area contributed by atoms with Gasteiger partial charge in [-0.3, -0.25) is 20.4 Å². The Morgan fingerprint density at radius 1 is 0.719 bits per heavy atom. The van der Waals surface area contributed by atoms with Crippen LogP contribution in [0.1, 0.15) is 20.7 Å². The molecule has 3 aromatic rings. The third-order valence-electron chi connectivity index (χ3n) is 4.26. The lowest BCUT2D eigenvalue weighted by Gasteiger charge is -2.12. The van der Waals surface area contributed by atoms with Crippen LogP contribution in [-0.2, 0) is 0 Å². The topological polar surface area (TPSA) is 85.9 Å². The van der Waals surface area contributed by atoms with Crippen molar-refractivity contribution < 1.29 is 23.8 Å². The molecule has 3 aromatic carbocycles. The molecule has 164 valence electrons. The zero-order chi connectivity index (χ0) is 22.6. The molecular weight excluding hydrogens is 408 g/mol. The standard InChI is InChI=1S/C25H24N2O5/c1-2-16-32-23-11-7-6-10-22(23)25(29)27-26-24(28)19-12-14-21(15-13-19)31-18-17-30-20-8-4-3-5-9-20/h2-15H,1,16-18H2,(H,26,28)(H,27,29). The van der Waals surface area contributed by atoms with Gasteiger partial charge in [0.15, 0.2) is 0 Å². The average molecular weight is 432 g/mol. The van der Waals surface area contributed by atoms with Gasteiger partial charge in [-0.1, -0.05) is 43.0 Å². The Bertz CT molecular complexity index is 1040. The SMILES string of the molecule is C=CCOc1ccccc1C(=O)NNC(=O)c1ccc(OCCOc2ccccc2)cc1. The van der Waals surface area contributed by atoms with E-state index >= 15 is 0 Å². The highest BCUT2D eigenvalue weighted by Crippen LogP contribution is 2.18. The average Bonchev–Trinajstić information content (AvgIpc) is 2.85. The minimum Gasteiger partial charge on any atom is -0.490 e. The molecule has 2 N–H and O–H groups in total.